The molecule has 0 spiro atoms. The fourth-order valence-electron chi connectivity index (χ4n) is 1.31. The lowest BCUT2D eigenvalue weighted by molar-refractivity contribution is -0.0929. The van der Waals surface area contributed by atoms with Gasteiger partial charge in [-0.2, -0.15) is 0 Å². The molecule has 0 bridgehead atoms. The predicted molar refractivity (Wildman–Crippen MR) is 54.3 cm³/mol. The average molecular weight is 196 g/mol. The number of rotatable bonds is 5. The summed E-state index contributed by atoms with van der Waals surface area (Å²) in [5.74, 6) is 0.784. The zero-order chi connectivity index (χ0) is 10.4. The molecule has 0 saturated heterocycles. The van der Waals surface area contributed by atoms with Crippen molar-refractivity contribution in [2.24, 2.45) is 0 Å². The first kappa shape index (κ1) is 11.0. The van der Waals surface area contributed by atoms with Crippen LogP contribution in [0.25, 0.3) is 0 Å². The molecule has 0 amide bonds. The molecule has 14 heavy (non-hydrogen) atoms. The molecule has 3 heteroatoms. The van der Waals surface area contributed by atoms with Gasteiger partial charge in [0.1, 0.15) is 5.75 Å². The van der Waals surface area contributed by atoms with E-state index >= 15 is 0 Å². The van der Waals surface area contributed by atoms with E-state index in [9.17, 15) is 5.11 Å². The molecule has 0 aliphatic carbocycles. The van der Waals surface area contributed by atoms with Gasteiger partial charge in [-0.3, -0.25) is 0 Å². The van der Waals surface area contributed by atoms with Crippen LogP contribution in [0.4, 0.5) is 0 Å². The van der Waals surface area contributed by atoms with Crippen molar-refractivity contribution in [3.05, 3.63) is 29.8 Å². The number of para-hydroxylation sites is 1. The smallest absolute Gasteiger partial charge is 0.158 e. The number of benzene rings is 1. The Kier molecular flexibility index (Phi) is 4.43. The van der Waals surface area contributed by atoms with E-state index in [2.05, 4.69) is 0 Å². The van der Waals surface area contributed by atoms with Crippen LogP contribution in [0, 0.1) is 0 Å². The summed E-state index contributed by atoms with van der Waals surface area (Å²) in [7, 11) is 1.62. The molecule has 0 saturated carbocycles. The molecular formula is C11H16O3. The first-order valence-corrected chi connectivity index (χ1v) is 4.69. The Bertz CT molecular complexity index is 273. The van der Waals surface area contributed by atoms with Crippen molar-refractivity contribution < 1.29 is 14.6 Å². The molecule has 1 rings (SSSR count). The Balaban J connectivity index is 2.65. The first-order chi connectivity index (χ1) is 6.77. The van der Waals surface area contributed by atoms with E-state index in [0.29, 0.717) is 13.0 Å². The van der Waals surface area contributed by atoms with Crippen molar-refractivity contribution in [3.63, 3.8) is 0 Å². The van der Waals surface area contributed by atoms with Crippen LogP contribution in [0.2, 0.25) is 0 Å². The van der Waals surface area contributed by atoms with Crippen LogP contribution >= 0.6 is 0 Å². The second-order valence-electron chi connectivity index (χ2n) is 2.93. The van der Waals surface area contributed by atoms with Crippen LogP contribution < -0.4 is 4.74 Å². The van der Waals surface area contributed by atoms with Crippen molar-refractivity contribution in [1.29, 1.82) is 0 Å². The molecule has 0 aliphatic heterocycles. The predicted octanol–water partition coefficient (Wildman–Crippen LogP) is 1.59. The van der Waals surface area contributed by atoms with E-state index in [4.69, 9.17) is 9.47 Å². The fourth-order valence-corrected chi connectivity index (χ4v) is 1.31. The van der Waals surface area contributed by atoms with Gasteiger partial charge in [-0.1, -0.05) is 18.2 Å². The van der Waals surface area contributed by atoms with Gasteiger partial charge >= 0.3 is 0 Å². The summed E-state index contributed by atoms with van der Waals surface area (Å²) >= 11 is 0. The van der Waals surface area contributed by atoms with Crippen molar-refractivity contribution in [1.82, 2.24) is 0 Å². The van der Waals surface area contributed by atoms with Crippen molar-refractivity contribution in [2.75, 3.05) is 13.7 Å². The molecule has 1 atom stereocenters. The van der Waals surface area contributed by atoms with Crippen LogP contribution in [-0.2, 0) is 11.2 Å². The lowest BCUT2D eigenvalue weighted by Gasteiger charge is -2.12. The Hall–Kier alpha value is -1.06. The quantitative estimate of drug-likeness (QED) is 0.727. The van der Waals surface area contributed by atoms with E-state index in [1.807, 2.05) is 31.2 Å². The van der Waals surface area contributed by atoms with Gasteiger partial charge in [0.2, 0.25) is 0 Å². The monoisotopic (exact) mass is 196 g/mol. The number of hydrogen-bond acceptors (Lipinski definition) is 3. The Morgan fingerprint density at radius 1 is 1.36 bits per heavy atom. The number of aliphatic hydroxyl groups excluding tert-OH is 1. The molecule has 1 N–H and O–H groups in total. The van der Waals surface area contributed by atoms with Crippen molar-refractivity contribution >= 4 is 0 Å². The molecule has 78 valence electrons. The SMILES string of the molecule is CCOC(O)Cc1ccccc1OC. The van der Waals surface area contributed by atoms with Gasteiger partial charge < -0.3 is 14.6 Å². The minimum Gasteiger partial charge on any atom is -0.496 e. The van der Waals surface area contributed by atoms with Crippen LogP contribution in [-0.4, -0.2) is 25.1 Å². The van der Waals surface area contributed by atoms with Crippen LogP contribution in [0.1, 0.15) is 12.5 Å². The van der Waals surface area contributed by atoms with Crippen LogP contribution in [0.3, 0.4) is 0 Å². The third-order valence-corrected chi connectivity index (χ3v) is 1.95. The summed E-state index contributed by atoms with van der Waals surface area (Å²) in [5, 5.41) is 9.44. The summed E-state index contributed by atoms with van der Waals surface area (Å²) in [6.07, 6.45) is -0.297. The molecule has 1 aromatic rings. The van der Waals surface area contributed by atoms with Crippen LogP contribution in [0.15, 0.2) is 24.3 Å². The molecule has 0 aliphatic rings. The maximum absolute atomic E-state index is 9.44. The summed E-state index contributed by atoms with van der Waals surface area (Å²) in [6, 6.07) is 7.60. The second-order valence-corrected chi connectivity index (χ2v) is 2.93. The van der Waals surface area contributed by atoms with Gasteiger partial charge in [0.25, 0.3) is 0 Å². The summed E-state index contributed by atoms with van der Waals surface area (Å²) < 4.78 is 10.2. The molecule has 1 unspecified atom stereocenters. The lowest BCUT2D eigenvalue weighted by Crippen LogP contribution is -2.15. The largest absolute Gasteiger partial charge is 0.496 e. The standard InChI is InChI=1S/C11H16O3/c1-3-14-11(12)8-9-6-4-5-7-10(9)13-2/h4-7,11-12H,3,8H2,1-2H3. The molecule has 0 fully saturated rings. The van der Waals surface area contributed by atoms with E-state index in [0.717, 1.165) is 11.3 Å². The Morgan fingerprint density at radius 2 is 2.07 bits per heavy atom. The lowest BCUT2D eigenvalue weighted by atomic mass is 10.1. The molecule has 0 radical (unpaired) electrons. The van der Waals surface area contributed by atoms with Crippen molar-refractivity contribution in [3.8, 4) is 5.75 Å². The highest BCUT2D eigenvalue weighted by molar-refractivity contribution is 5.33. The Labute approximate surface area is 84.3 Å². The third kappa shape index (κ3) is 3.01. The van der Waals surface area contributed by atoms with Gasteiger partial charge in [-0.05, 0) is 18.6 Å². The number of methoxy groups -OCH3 is 1. The van der Waals surface area contributed by atoms with E-state index < -0.39 is 6.29 Å². The van der Waals surface area contributed by atoms with E-state index in [1.54, 1.807) is 7.11 Å². The van der Waals surface area contributed by atoms with E-state index in [-0.39, 0.29) is 0 Å². The number of aliphatic hydroxyl groups is 1. The maximum Gasteiger partial charge on any atom is 0.158 e. The number of ether oxygens (including phenoxy) is 2. The van der Waals surface area contributed by atoms with Gasteiger partial charge in [0, 0.05) is 13.0 Å². The Morgan fingerprint density at radius 3 is 2.71 bits per heavy atom. The highest BCUT2D eigenvalue weighted by atomic mass is 16.6. The molecule has 0 aromatic heterocycles. The number of hydrogen-bond donors (Lipinski definition) is 1. The average Bonchev–Trinajstić information content (AvgIpc) is 2.19. The molecular weight excluding hydrogens is 180 g/mol. The second kappa shape index (κ2) is 5.62. The zero-order valence-corrected chi connectivity index (χ0v) is 8.56. The fraction of sp³-hybridized carbons (Fsp3) is 0.455. The van der Waals surface area contributed by atoms with Gasteiger partial charge in [-0.15, -0.1) is 0 Å². The minimum absolute atomic E-state index is 0.456. The van der Waals surface area contributed by atoms with Crippen LogP contribution in [0.5, 0.6) is 5.75 Å². The molecule has 1 aromatic carbocycles. The zero-order valence-electron chi connectivity index (χ0n) is 8.56. The minimum atomic E-state index is -0.753. The third-order valence-electron chi connectivity index (χ3n) is 1.95. The molecule has 0 heterocycles. The van der Waals surface area contributed by atoms with Crippen molar-refractivity contribution in [2.45, 2.75) is 19.6 Å². The maximum atomic E-state index is 9.44. The summed E-state index contributed by atoms with van der Waals surface area (Å²) in [5.41, 5.74) is 0.955. The summed E-state index contributed by atoms with van der Waals surface area (Å²) in [4.78, 5) is 0. The first-order valence-electron chi connectivity index (χ1n) is 4.69. The topological polar surface area (TPSA) is 38.7 Å². The highest BCUT2D eigenvalue weighted by Crippen LogP contribution is 2.18. The summed E-state index contributed by atoms with van der Waals surface area (Å²) in [6.45, 7) is 2.36. The van der Waals surface area contributed by atoms with Gasteiger partial charge in [0.15, 0.2) is 6.29 Å². The normalized spacial score (nSPS) is 12.5. The van der Waals surface area contributed by atoms with E-state index in [1.165, 1.54) is 0 Å². The highest BCUT2D eigenvalue weighted by Gasteiger charge is 2.08. The van der Waals surface area contributed by atoms with Gasteiger partial charge in [0.05, 0.1) is 7.11 Å². The van der Waals surface area contributed by atoms with Gasteiger partial charge in [-0.25, -0.2) is 0 Å². The molecule has 3 nitrogen and oxygen atoms in total.